The normalized spacial score (nSPS) is 19.6. The lowest BCUT2D eigenvalue weighted by Crippen LogP contribution is -2.33. The largest absolute Gasteiger partial charge is 0.383 e. The SMILES string of the molecule is COCCN1C(=O)CNC1c1ccc(C)cc1C. The van der Waals surface area contributed by atoms with E-state index in [9.17, 15) is 4.79 Å². The Kier molecular flexibility index (Phi) is 3.99. The first-order chi connectivity index (χ1) is 8.63. The van der Waals surface area contributed by atoms with E-state index in [1.165, 1.54) is 16.7 Å². The summed E-state index contributed by atoms with van der Waals surface area (Å²) in [6, 6.07) is 6.33. The molecular formula is C14H20N2O2. The maximum atomic E-state index is 11.8. The Hall–Kier alpha value is -1.39. The van der Waals surface area contributed by atoms with Crippen molar-refractivity contribution >= 4 is 5.91 Å². The molecular weight excluding hydrogens is 228 g/mol. The van der Waals surface area contributed by atoms with Gasteiger partial charge in [0.25, 0.3) is 0 Å². The molecule has 1 aliphatic heterocycles. The van der Waals surface area contributed by atoms with E-state index in [0.29, 0.717) is 19.7 Å². The molecule has 98 valence electrons. The van der Waals surface area contributed by atoms with Gasteiger partial charge in [-0.1, -0.05) is 23.8 Å². The van der Waals surface area contributed by atoms with E-state index < -0.39 is 0 Å². The van der Waals surface area contributed by atoms with Gasteiger partial charge in [-0.15, -0.1) is 0 Å². The number of carbonyl (C=O) groups is 1. The lowest BCUT2D eigenvalue weighted by atomic mass is 10.0. The van der Waals surface area contributed by atoms with E-state index in [1.807, 2.05) is 4.90 Å². The van der Waals surface area contributed by atoms with Gasteiger partial charge >= 0.3 is 0 Å². The van der Waals surface area contributed by atoms with Crippen LogP contribution >= 0.6 is 0 Å². The fourth-order valence-electron chi connectivity index (χ4n) is 2.39. The first kappa shape index (κ1) is 13.1. The molecule has 1 amide bonds. The van der Waals surface area contributed by atoms with Crippen LogP contribution in [0.15, 0.2) is 18.2 Å². The molecule has 0 radical (unpaired) electrons. The zero-order valence-corrected chi connectivity index (χ0v) is 11.2. The Bertz CT molecular complexity index is 445. The van der Waals surface area contributed by atoms with Gasteiger partial charge in [-0.2, -0.15) is 0 Å². The summed E-state index contributed by atoms with van der Waals surface area (Å²) in [6.07, 6.45) is -0.0201. The lowest BCUT2D eigenvalue weighted by Gasteiger charge is -2.25. The van der Waals surface area contributed by atoms with E-state index in [2.05, 4.69) is 37.4 Å². The summed E-state index contributed by atoms with van der Waals surface area (Å²) in [6.45, 7) is 5.75. The van der Waals surface area contributed by atoms with Crippen molar-refractivity contribution in [3.8, 4) is 0 Å². The van der Waals surface area contributed by atoms with Crippen LogP contribution in [0.3, 0.4) is 0 Å². The molecule has 1 aromatic rings. The molecule has 1 saturated heterocycles. The van der Waals surface area contributed by atoms with Gasteiger partial charge < -0.3 is 9.64 Å². The number of amides is 1. The Morgan fingerprint density at radius 3 is 2.89 bits per heavy atom. The molecule has 1 atom stereocenters. The number of nitrogens with zero attached hydrogens (tertiary/aromatic N) is 1. The van der Waals surface area contributed by atoms with Crippen molar-refractivity contribution in [3.63, 3.8) is 0 Å². The highest BCUT2D eigenvalue weighted by Gasteiger charge is 2.31. The summed E-state index contributed by atoms with van der Waals surface area (Å²) in [7, 11) is 1.65. The number of benzene rings is 1. The Morgan fingerprint density at radius 2 is 2.22 bits per heavy atom. The summed E-state index contributed by atoms with van der Waals surface area (Å²) in [5, 5.41) is 3.26. The number of ether oxygens (including phenoxy) is 1. The second kappa shape index (κ2) is 5.50. The van der Waals surface area contributed by atoms with Gasteiger partial charge in [0, 0.05) is 13.7 Å². The maximum Gasteiger partial charge on any atom is 0.238 e. The summed E-state index contributed by atoms with van der Waals surface area (Å²) in [4.78, 5) is 13.7. The summed E-state index contributed by atoms with van der Waals surface area (Å²) in [5.74, 6) is 0.136. The lowest BCUT2D eigenvalue weighted by molar-refractivity contribution is -0.128. The monoisotopic (exact) mass is 248 g/mol. The van der Waals surface area contributed by atoms with Gasteiger partial charge in [0.2, 0.25) is 5.91 Å². The molecule has 2 rings (SSSR count). The minimum atomic E-state index is -0.0201. The predicted octanol–water partition coefficient (Wildman–Crippen LogP) is 1.38. The van der Waals surface area contributed by atoms with Gasteiger partial charge in [0.05, 0.1) is 13.2 Å². The van der Waals surface area contributed by atoms with Gasteiger partial charge in [-0.3, -0.25) is 10.1 Å². The van der Waals surface area contributed by atoms with Crippen molar-refractivity contribution in [2.24, 2.45) is 0 Å². The number of nitrogens with one attached hydrogen (secondary N) is 1. The molecule has 1 aliphatic rings. The average molecular weight is 248 g/mol. The number of rotatable bonds is 4. The average Bonchev–Trinajstić information content (AvgIpc) is 2.68. The standard InChI is InChI=1S/C14H20N2O2/c1-10-4-5-12(11(2)8-10)14-15-9-13(17)16(14)6-7-18-3/h4-5,8,14-15H,6-7,9H2,1-3H3. The highest BCUT2D eigenvalue weighted by atomic mass is 16.5. The third kappa shape index (κ3) is 2.54. The van der Waals surface area contributed by atoms with E-state index in [4.69, 9.17) is 4.74 Å². The molecule has 1 unspecified atom stereocenters. The first-order valence-corrected chi connectivity index (χ1v) is 6.22. The quantitative estimate of drug-likeness (QED) is 0.875. The predicted molar refractivity (Wildman–Crippen MR) is 70.2 cm³/mol. The third-order valence-corrected chi connectivity index (χ3v) is 3.33. The van der Waals surface area contributed by atoms with Crippen LogP contribution in [0.25, 0.3) is 0 Å². The van der Waals surface area contributed by atoms with Crippen molar-refractivity contribution in [1.82, 2.24) is 10.2 Å². The summed E-state index contributed by atoms with van der Waals surface area (Å²) in [5.41, 5.74) is 3.62. The minimum absolute atomic E-state index is 0.0201. The Balaban J connectivity index is 2.22. The highest BCUT2D eigenvalue weighted by Crippen LogP contribution is 2.25. The van der Waals surface area contributed by atoms with E-state index >= 15 is 0 Å². The summed E-state index contributed by atoms with van der Waals surface area (Å²) >= 11 is 0. The van der Waals surface area contributed by atoms with Gasteiger partial charge in [0.1, 0.15) is 6.17 Å². The molecule has 1 N–H and O–H groups in total. The van der Waals surface area contributed by atoms with Crippen molar-refractivity contribution in [3.05, 3.63) is 34.9 Å². The first-order valence-electron chi connectivity index (χ1n) is 6.22. The van der Waals surface area contributed by atoms with Gasteiger partial charge in [-0.25, -0.2) is 0 Å². The van der Waals surface area contributed by atoms with Gasteiger partial charge in [0.15, 0.2) is 0 Å². The molecule has 18 heavy (non-hydrogen) atoms. The van der Waals surface area contributed by atoms with Crippen LogP contribution in [-0.2, 0) is 9.53 Å². The smallest absolute Gasteiger partial charge is 0.238 e. The molecule has 4 heteroatoms. The molecule has 1 fully saturated rings. The van der Waals surface area contributed by atoms with E-state index in [1.54, 1.807) is 7.11 Å². The number of hydrogen-bond acceptors (Lipinski definition) is 3. The van der Waals surface area contributed by atoms with Crippen molar-refractivity contribution in [2.75, 3.05) is 26.8 Å². The molecule has 0 aliphatic carbocycles. The van der Waals surface area contributed by atoms with Crippen molar-refractivity contribution < 1.29 is 9.53 Å². The second-order valence-corrected chi connectivity index (χ2v) is 4.72. The van der Waals surface area contributed by atoms with E-state index in [0.717, 1.165) is 0 Å². The van der Waals surface area contributed by atoms with Crippen LogP contribution < -0.4 is 5.32 Å². The zero-order valence-electron chi connectivity index (χ0n) is 11.2. The Morgan fingerprint density at radius 1 is 1.44 bits per heavy atom. The van der Waals surface area contributed by atoms with Crippen LogP contribution in [0.1, 0.15) is 22.9 Å². The number of methoxy groups -OCH3 is 1. The van der Waals surface area contributed by atoms with Crippen LogP contribution in [0.2, 0.25) is 0 Å². The van der Waals surface area contributed by atoms with E-state index in [-0.39, 0.29) is 12.1 Å². The summed E-state index contributed by atoms with van der Waals surface area (Å²) < 4.78 is 5.06. The highest BCUT2D eigenvalue weighted by molar-refractivity contribution is 5.81. The zero-order chi connectivity index (χ0) is 13.1. The molecule has 4 nitrogen and oxygen atoms in total. The second-order valence-electron chi connectivity index (χ2n) is 4.72. The van der Waals surface area contributed by atoms with Crippen LogP contribution in [0, 0.1) is 13.8 Å². The maximum absolute atomic E-state index is 11.8. The van der Waals surface area contributed by atoms with Crippen molar-refractivity contribution in [1.29, 1.82) is 0 Å². The fourth-order valence-corrected chi connectivity index (χ4v) is 2.39. The number of carbonyl (C=O) groups excluding carboxylic acids is 1. The molecule has 0 bridgehead atoms. The molecule has 1 aromatic carbocycles. The van der Waals surface area contributed by atoms with Crippen LogP contribution in [0.4, 0.5) is 0 Å². The fraction of sp³-hybridized carbons (Fsp3) is 0.500. The topological polar surface area (TPSA) is 41.6 Å². The third-order valence-electron chi connectivity index (χ3n) is 3.33. The van der Waals surface area contributed by atoms with Gasteiger partial charge in [-0.05, 0) is 25.0 Å². The van der Waals surface area contributed by atoms with Crippen LogP contribution in [-0.4, -0.2) is 37.6 Å². The minimum Gasteiger partial charge on any atom is -0.383 e. The molecule has 0 aromatic heterocycles. The van der Waals surface area contributed by atoms with Crippen molar-refractivity contribution in [2.45, 2.75) is 20.0 Å². The Labute approximate surface area is 108 Å². The van der Waals surface area contributed by atoms with Crippen LogP contribution in [0.5, 0.6) is 0 Å². The molecule has 1 heterocycles. The number of hydrogen-bond donors (Lipinski definition) is 1. The molecule has 0 saturated carbocycles. The number of aryl methyl sites for hydroxylation is 2. The molecule has 0 spiro atoms.